The minimum Gasteiger partial charge on any atom is -0.334 e. The van der Waals surface area contributed by atoms with E-state index < -0.39 is 29.4 Å². The van der Waals surface area contributed by atoms with Crippen molar-refractivity contribution in [1.82, 2.24) is 9.88 Å². The van der Waals surface area contributed by atoms with Crippen molar-refractivity contribution in [2.75, 3.05) is 18.2 Å². The predicted molar refractivity (Wildman–Crippen MR) is 105 cm³/mol. The summed E-state index contributed by atoms with van der Waals surface area (Å²) in [5.41, 5.74) is -0.345. The van der Waals surface area contributed by atoms with Crippen LogP contribution in [0.2, 0.25) is 0 Å². The van der Waals surface area contributed by atoms with Crippen molar-refractivity contribution in [3.8, 4) is 0 Å². The van der Waals surface area contributed by atoms with Gasteiger partial charge in [-0.05, 0) is 44.4 Å². The van der Waals surface area contributed by atoms with Crippen LogP contribution in [0.25, 0.3) is 0 Å². The number of rotatable bonds is 4. The lowest BCUT2D eigenvalue weighted by molar-refractivity contribution is -0.137. The second-order valence-electron chi connectivity index (χ2n) is 6.85. The van der Waals surface area contributed by atoms with Gasteiger partial charge in [0.25, 0.3) is 5.91 Å². The number of aromatic nitrogens is 1. The van der Waals surface area contributed by atoms with E-state index in [1.807, 2.05) is 6.92 Å². The van der Waals surface area contributed by atoms with E-state index >= 15 is 0 Å². The van der Waals surface area contributed by atoms with Crippen LogP contribution in [0.5, 0.6) is 0 Å². The van der Waals surface area contributed by atoms with Gasteiger partial charge in [-0.15, -0.1) is 22.9 Å². The first kappa shape index (κ1) is 21.6. The molecule has 0 saturated carbocycles. The van der Waals surface area contributed by atoms with Crippen LogP contribution in [0.4, 0.5) is 18.9 Å². The zero-order valence-corrected chi connectivity index (χ0v) is 17.3. The molecule has 1 heterocycles. The summed E-state index contributed by atoms with van der Waals surface area (Å²) in [6.07, 6.45) is -2.28. The minimum absolute atomic E-state index is 0.125. The number of anilines is 1. The standard InChI is InChI=1S/C19H19ClF3N3O2S/c1-10-24-14-4-3-5-15(17(14)29-10)26(2)18(28)11-6-12(19(21,22)23)8-13(7-11)25-16(27)9-20/h6-8,15H,3-5,9H2,1-2H3,(H,25,27). The average molecular weight is 446 g/mol. The molecule has 1 aromatic heterocycles. The summed E-state index contributed by atoms with van der Waals surface area (Å²) in [7, 11) is 1.58. The van der Waals surface area contributed by atoms with Crippen LogP contribution in [-0.4, -0.2) is 34.6 Å². The van der Waals surface area contributed by atoms with E-state index in [2.05, 4.69) is 10.3 Å². The maximum Gasteiger partial charge on any atom is 0.416 e. The fourth-order valence-electron chi connectivity index (χ4n) is 3.42. The van der Waals surface area contributed by atoms with Crippen LogP contribution in [0.3, 0.4) is 0 Å². The molecular formula is C19H19ClF3N3O2S. The molecule has 156 valence electrons. The maximum atomic E-state index is 13.3. The molecule has 29 heavy (non-hydrogen) atoms. The zero-order chi connectivity index (χ0) is 21.3. The molecule has 0 bridgehead atoms. The molecule has 0 radical (unpaired) electrons. The fraction of sp³-hybridized carbons (Fsp3) is 0.421. The third-order valence-corrected chi connectivity index (χ3v) is 6.09. The van der Waals surface area contributed by atoms with Crippen LogP contribution < -0.4 is 5.32 Å². The number of hydrogen-bond acceptors (Lipinski definition) is 4. The highest BCUT2D eigenvalue weighted by molar-refractivity contribution is 7.11. The van der Waals surface area contributed by atoms with Gasteiger partial charge in [0.1, 0.15) is 5.88 Å². The molecule has 1 unspecified atom stereocenters. The molecule has 0 saturated heterocycles. The van der Waals surface area contributed by atoms with Crippen LogP contribution >= 0.6 is 22.9 Å². The summed E-state index contributed by atoms with van der Waals surface area (Å²) in [6.45, 7) is 1.89. The first-order chi connectivity index (χ1) is 13.6. The number of amides is 2. The summed E-state index contributed by atoms with van der Waals surface area (Å²) >= 11 is 6.93. The van der Waals surface area contributed by atoms with E-state index in [1.54, 1.807) is 7.05 Å². The number of hydrogen-bond donors (Lipinski definition) is 1. The number of benzene rings is 1. The second-order valence-corrected chi connectivity index (χ2v) is 8.35. The number of nitrogens with one attached hydrogen (secondary N) is 1. The van der Waals surface area contributed by atoms with Crippen molar-refractivity contribution in [3.63, 3.8) is 0 Å². The zero-order valence-electron chi connectivity index (χ0n) is 15.8. The van der Waals surface area contributed by atoms with Gasteiger partial charge in [0, 0.05) is 18.3 Å². The molecule has 1 N–H and O–H groups in total. The molecule has 1 aliphatic carbocycles. The van der Waals surface area contributed by atoms with Crippen molar-refractivity contribution in [1.29, 1.82) is 0 Å². The van der Waals surface area contributed by atoms with Gasteiger partial charge >= 0.3 is 6.18 Å². The quantitative estimate of drug-likeness (QED) is 0.688. The van der Waals surface area contributed by atoms with Crippen LogP contribution in [0, 0.1) is 6.92 Å². The highest BCUT2D eigenvalue weighted by Gasteiger charge is 2.34. The lowest BCUT2D eigenvalue weighted by Crippen LogP contribution is -2.33. The van der Waals surface area contributed by atoms with Gasteiger partial charge in [-0.25, -0.2) is 4.98 Å². The van der Waals surface area contributed by atoms with Crippen molar-refractivity contribution >= 4 is 40.4 Å². The number of fused-ring (bicyclic) bond motifs is 1. The number of carbonyl (C=O) groups excluding carboxylic acids is 2. The minimum atomic E-state index is -4.66. The molecule has 2 amide bonds. The van der Waals surface area contributed by atoms with Crippen molar-refractivity contribution < 1.29 is 22.8 Å². The summed E-state index contributed by atoms with van der Waals surface area (Å²) in [4.78, 5) is 31.5. The number of aryl methyl sites for hydroxylation is 2. The van der Waals surface area contributed by atoms with Gasteiger partial charge < -0.3 is 10.2 Å². The highest BCUT2D eigenvalue weighted by atomic mass is 35.5. The Kier molecular flexibility index (Phi) is 6.19. The van der Waals surface area contributed by atoms with E-state index in [1.165, 1.54) is 22.3 Å². The summed E-state index contributed by atoms with van der Waals surface area (Å²) in [5.74, 6) is -1.62. The molecule has 1 aromatic carbocycles. The number of carbonyl (C=O) groups is 2. The number of nitrogens with zero attached hydrogens (tertiary/aromatic N) is 2. The molecule has 1 aliphatic rings. The highest BCUT2D eigenvalue weighted by Crippen LogP contribution is 2.38. The van der Waals surface area contributed by atoms with Crippen LogP contribution in [0.15, 0.2) is 18.2 Å². The van der Waals surface area contributed by atoms with Gasteiger partial charge in [0.05, 0.1) is 27.2 Å². The first-order valence-corrected chi connectivity index (χ1v) is 10.3. The monoisotopic (exact) mass is 445 g/mol. The second kappa shape index (κ2) is 8.31. The molecule has 0 fully saturated rings. The Labute approximate surface area is 174 Å². The SMILES string of the molecule is Cc1nc2c(s1)C(N(C)C(=O)c1cc(NC(=O)CCl)cc(C(F)(F)F)c1)CCC2. The van der Waals surface area contributed by atoms with Crippen LogP contribution in [-0.2, 0) is 17.4 Å². The molecule has 1 atom stereocenters. The normalized spacial score (nSPS) is 16.3. The first-order valence-electron chi connectivity index (χ1n) is 8.91. The van der Waals surface area contributed by atoms with E-state index in [0.29, 0.717) is 6.42 Å². The summed E-state index contributed by atoms with van der Waals surface area (Å²) in [5, 5.41) is 3.18. The van der Waals surface area contributed by atoms with Crippen molar-refractivity contribution in [3.05, 3.63) is 44.9 Å². The molecule has 0 aliphatic heterocycles. The van der Waals surface area contributed by atoms with Crippen molar-refractivity contribution in [2.24, 2.45) is 0 Å². The molecule has 5 nitrogen and oxygen atoms in total. The van der Waals surface area contributed by atoms with E-state index in [-0.39, 0.29) is 17.3 Å². The lowest BCUT2D eigenvalue weighted by Gasteiger charge is -2.31. The Morgan fingerprint density at radius 3 is 2.72 bits per heavy atom. The van der Waals surface area contributed by atoms with Gasteiger partial charge in [-0.3, -0.25) is 9.59 Å². The van der Waals surface area contributed by atoms with E-state index in [9.17, 15) is 22.8 Å². The Morgan fingerprint density at radius 2 is 2.07 bits per heavy atom. The number of thiazole rings is 1. The Morgan fingerprint density at radius 1 is 1.34 bits per heavy atom. The Balaban J connectivity index is 1.95. The molecule has 2 aromatic rings. The molecule has 3 rings (SSSR count). The number of alkyl halides is 4. The smallest absolute Gasteiger partial charge is 0.334 e. The Hall–Kier alpha value is -2.13. The molecule has 0 spiro atoms. The summed E-state index contributed by atoms with van der Waals surface area (Å²) in [6, 6.07) is 2.58. The largest absolute Gasteiger partial charge is 0.416 e. The van der Waals surface area contributed by atoms with E-state index in [0.717, 1.165) is 40.6 Å². The van der Waals surface area contributed by atoms with Gasteiger partial charge in [-0.1, -0.05) is 0 Å². The van der Waals surface area contributed by atoms with E-state index in [4.69, 9.17) is 11.6 Å². The van der Waals surface area contributed by atoms with Crippen molar-refractivity contribution in [2.45, 2.75) is 38.4 Å². The van der Waals surface area contributed by atoms with Gasteiger partial charge in [0.15, 0.2) is 0 Å². The Bertz CT molecular complexity index is 945. The van der Waals surface area contributed by atoms with Gasteiger partial charge in [-0.2, -0.15) is 13.2 Å². The molecular weight excluding hydrogens is 427 g/mol. The third kappa shape index (κ3) is 4.72. The summed E-state index contributed by atoms with van der Waals surface area (Å²) < 4.78 is 39.9. The van der Waals surface area contributed by atoms with Gasteiger partial charge in [0.2, 0.25) is 5.91 Å². The number of halogens is 4. The maximum absolute atomic E-state index is 13.3. The fourth-order valence-corrected chi connectivity index (χ4v) is 4.63. The van der Waals surface area contributed by atoms with Crippen LogP contribution in [0.1, 0.15) is 50.4 Å². The predicted octanol–water partition coefficient (Wildman–Crippen LogP) is 4.80. The average Bonchev–Trinajstić information content (AvgIpc) is 3.05. The molecule has 10 heteroatoms. The third-order valence-electron chi connectivity index (χ3n) is 4.73. The topological polar surface area (TPSA) is 62.3 Å². The lowest BCUT2D eigenvalue weighted by atomic mass is 9.96.